The molecule has 0 saturated heterocycles. The number of nitrogens with one attached hydrogen (secondary N) is 2. The summed E-state index contributed by atoms with van der Waals surface area (Å²) >= 11 is 0. The molecule has 0 bridgehead atoms. The van der Waals surface area contributed by atoms with Crippen molar-refractivity contribution < 1.29 is 8.42 Å². The van der Waals surface area contributed by atoms with Crippen LogP contribution in [0.25, 0.3) is 0 Å². The van der Waals surface area contributed by atoms with Crippen molar-refractivity contribution in [1.82, 2.24) is 0 Å². The quantitative estimate of drug-likeness (QED) is 0.598. The van der Waals surface area contributed by atoms with Crippen LogP contribution in [0.2, 0.25) is 0 Å². The summed E-state index contributed by atoms with van der Waals surface area (Å²) in [4.78, 5) is 0. The van der Waals surface area contributed by atoms with Crippen LogP contribution in [-0.4, -0.2) is 34.5 Å². The van der Waals surface area contributed by atoms with Crippen LogP contribution in [-0.2, 0) is 10.0 Å². The Bertz CT molecular complexity index is 485. The molecule has 0 unspecified atom stereocenters. The van der Waals surface area contributed by atoms with E-state index >= 15 is 0 Å². The van der Waals surface area contributed by atoms with Crippen molar-refractivity contribution in [3.8, 4) is 0 Å². The second-order valence-electron chi connectivity index (χ2n) is 3.67. The SMILES string of the molecule is CN(c1ccccc1NCCC=N)S(C)(=O)=O. The Morgan fingerprint density at radius 2 is 2.06 bits per heavy atom. The van der Waals surface area contributed by atoms with Crippen LogP contribution in [0.4, 0.5) is 11.4 Å². The third-order valence-electron chi connectivity index (χ3n) is 2.34. The Labute approximate surface area is 102 Å². The monoisotopic (exact) mass is 255 g/mol. The van der Waals surface area contributed by atoms with E-state index in [1.807, 2.05) is 12.1 Å². The summed E-state index contributed by atoms with van der Waals surface area (Å²) in [5, 5.41) is 10.0. The van der Waals surface area contributed by atoms with Gasteiger partial charge >= 0.3 is 0 Å². The average molecular weight is 255 g/mol. The molecule has 17 heavy (non-hydrogen) atoms. The molecule has 0 atom stereocenters. The number of rotatable bonds is 6. The first kappa shape index (κ1) is 13.5. The van der Waals surface area contributed by atoms with Gasteiger partial charge in [-0.3, -0.25) is 4.31 Å². The third kappa shape index (κ3) is 3.74. The molecule has 2 N–H and O–H groups in total. The van der Waals surface area contributed by atoms with Gasteiger partial charge in [0.1, 0.15) is 0 Å². The van der Waals surface area contributed by atoms with Gasteiger partial charge in [-0.15, -0.1) is 0 Å². The molecule has 0 aromatic heterocycles. The van der Waals surface area contributed by atoms with E-state index in [1.165, 1.54) is 23.8 Å². The normalized spacial score (nSPS) is 10.9. The first-order valence-corrected chi connectivity index (χ1v) is 7.07. The molecule has 6 heteroatoms. The summed E-state index contributed by atoms with van der Waals surface area (Å²) in [6.07, 6.45) is 3.09. The zero-order chi connectivity index (χ0) is 12.9. The van der Waals surface area contributed by atoms with Crippen molar-refractivity contribution in [2.75, 3.05) is 29.5 Å². The molecule has 0 aliphatic heterocycles. The van der Waals surface area contributed by atoms with E-state index in [0.29, 0.717) is 18.7 Å². The molecule has 1 aromatic carbocycles. The van der Waals surface area contributed by atoms with E-state index in [-0.39, 0.29) is 0 Å². The number of para-hydroxylation sites is 2. The average Bonchev–Trinajstić information content (AvgIpc) is 2.28. The summed E-state index contributed by atoms with van der Waals surface area (Å²) in [5.74, 6) is 0. The molecule has 5 nitrogen and oxygen atoms in total. The lowest BCUT2D eigenvalue weighted by Crippen LogP contribution is -2.25. The molecule has 1 aromatic rings. The minimum absolute atomic E-state index is 0.608. The van der Waals surface area contributed by atoms with Crippen molar-refractivity contribution in [2.45, 2.75) is 6.42 Å². The van der Waals surface area contributed by atoms with Gasteiger partial charge in [0.05, 0.1) is 17.6 Å². The Morgan fingerprint density at radius 1 is 1.41 bits per heavy atom. The summed E-state index contributed by atoms with van der Waals surface area (Å²) in [6.45, 7) is 0.609. The Hall–Kier alpha value is -1.56. The van der Waals surface area contributed by atoms with Crippen LogP contribution >= 0.6 is 0 Å². The maximum Gasteiger partial charge on any atom is 0.232 e. The minimum Gasteiger partial charge on any atom is -0.383 e. The summed E-state index contributed by atoms with van der Waals surface area (Å²) in [6, 6.07) is 7.19. The molecule has 1 rings (SSSR count). The predicted molar refractivity (Wildman–Crippen MR) is 71.6 cm³/mol. The zero-order valence-electron chi connectivity index (χ0n) is 9.97. The van der Waals surface area contributed by atoms with Crippen LogP contribution in [0, 0.1) is 5.41 Å². The van der Waals surface area contributed by atoms with E-state index in [4.69, 9.17) is 5.41 Å². The number of anilines is 2. The van der Waals surface area contributed by atoms with Crippen molar-refractivity contribution >= 4 is 27.6 Å². The largest absolute Gasteiger partial charge is 0.383 e. The molecule has 0 fully saturated rings. The lowest BCUT2D eigenvalue weighted by Gasteiger charge is -2.20. The van der Waals surface area contributed by atoms with Crippen molar-refractivity contribution in [3.05, 3.63) is 24.3 Å². The highest BCUT2D eigenvalue weighted by Crippen LogP contribution is 2.25. The Balaban J connectivity index is 2.95. The highest BCUT2D eigenvalue weighted by molar-refractivity contribution is 7.92. The van der Waals surface area contributed by atoms with Gasteiger partial charge in [-0.25, -0.2) is 8.42 Å². The molecule has 0 amide bonds. The maximum atomic E-state index is 11.5. The third-order valence-corrected chi connectivity index (χ3v) is 3.54. The van der Waals surface area contributed by atoms with E-state index in [0.717, 1.165) is 5.69 Å². The van der Waals surface area contributed by atoms with Crippen molar-refractivity contribution in [3.63, 3.8) is 0 Å². The van der Waals surface area contributed by atoms with Crippen LogP contribution in [0.15, 0.2) is 24.3 Å². The van der Waals surface area contributed by atoms with Crippen LogP contribution < -0.4 is 9.62 Å². The topological polar surface area (TPSA) is 73.3 Å². The molecule has 0 spiro atoms. The molecule has 0 saturated carbocycles. The van der Waals surface area contributed by atoms with Crippen molar-refractivity contribution in [1.29, 1.82) is 5.41 Å². The maximum absolute atomic E-state index is 11.5. The van der Waals surface area contributed by atoms with Crippen LogP contribution in [0.3, 0.4) is 0 Å². The number of sulfonamides is 1. The second-order valence-corrected chi connectivity index (χ2v) is 5.68. The fraction of sp³-hybridized carbons (Fsp3) is 0.364. The van der Waals surface area contributed by atoms with E-state index in [1.54, 1.807) is 12.1 Å². The van der Waals surface area contributed by atoms with Gasteiger partial charge in [0.15, 0.2) is 0 Å². The number of benzene rings is 1. The number of hydrogen-bond acceptors (Lipinski definition) is 4. The lowest BCUT2D eigenvalue weighted by molar-refractivity contribution is 0.600. The molecule has 0 radical (unpaired) electrons. The van der Waals surface area contributed by atoms with Gasteiger partial charge in [0.2, 0.25) is 10.0 Å². The van der Waals surface area contributed by atoms with Gasteiger partial charge in [-0.05, 0) is 24.8 Å². The minimum atomic E-state index is -3.26. The molecule has 0 aliphatic rings. The van der Waals surface area contributed by atoms with Crippen LogP contribution in [0.1, 0.15) is 6.42 Å². The highest BCUT2D eigenvalue weighted by Gasteiger charge is 2.14. The van der Waals surface area contributed by atoms with Crippen LogP contribution in [0.5, 0.6) is 0 Å². The number of nitrogens with zero attached hydrogens (tertiary/aromatic N) is 1. The smallest absolute Gasteiger partial charge is 0.232 e. The van der Waals surface area contributed by atoms with Gasteiger partial charge in [-0.2, -0.15) is 0 Å². The first-order chi connectivity index (χ1) is 7.96. The van der Waals surface area contributed by atoms with E-state index < -0.39 is 10.0 Å². The van der Waals surface area contributed by atoms with E-state index in [9.17, 15) is 8.42 Å². The van der Waals surface area contributed by atoms with Gasteiger partial charge in [0.25, 0.3) is 0 Å². The number of hydrogen-bond donors (Lipinski definition) is 2. The van der Waals surface area contributed by atoms with Gasteiger partial charge in [0, 0.05) is 13.6 Å². The zero-order valence-corrected chi connectivity index (χ0v) is 10.8. The lowest BCUT2D eigenvalue weighted by atomic mass is 10.2. The summed E-state index contributed by atoms with van der Waals surface area (Å²) in [7, 11) is -1.74. The second kappa shape index (κ2) is 5.67. The van der Waals surface area contributed by atoms with Gasteiger partial charge < -0.3 is 10.7 Å². The standard InChI is InChI=1S/C11H17N3O2S/c1-14(17(2,15)16)11-7-4-3-6-10(11)13-9-5-8-12/h3-4,6-8,12-13H,5,9H2,1-2H3. The molecular formula is C11H17N3O2S. The van der Waals surface area contributed by atoms with Crippen molar-refractivity contribution in [2.24, 2.45) is 0 Å². The summed E-state index contributed by atoms with van der Waals surface area (Å²) in [5.41, 5.74) is 1.36. The Kier molecular flexibility index (Phi) is 4.51. The van der Waals surface area contributed by atoms with Gasteiger partial charge in [-0.1, -0.05) is 12.1 Å². The summed E-state index contributed by atoms with van der Waals surface area (Å²) < 4.78 is 24.2. The highest BCUT2D eigenvalue weighted by atomic mass is 32.2. The Morgan fingerprint density at radius 3 is 2.65 bits per heavy atom. The predicted octanol–water partition coefficient (Wildman–Crippen LogP) is 1.53. The molecule has 0 aliphatic carbocycles. The molecular weight excluding hydrogens is 238 g/mol. The van der Waals surface area contributed by atoms with E-state index in [2.05, 4.69) is 5.32 Å². The molecule has 94 valence electrons. The fourth-order valence-electron chi connectivity index (χ4n) is 1.36. The molecule has 0 heterocycles. The fourth-order valence-corrected chi connectivity index (χ4v) is 1.87. The first-order valence-electron chi connectivity index (χ1n) is 5.22.